The van der Waals surface area contributed by atoms with E-state index in [4.69, 9.17) is 9.84 Å². The number of aliphatic hydroxyl groups excluding tert-OH is 1. The summed E-state index contributed by atoms with van der Waals surface area (Å²) in [5, 5.41) is 22.2. The van der Waals surface area contributed by atoms with Crippen molar-refractivity contribution in [2.75, 3.05) is 20.3 Å². The first-order chi connectivity index (χ1) is 13.3. The average molecular weight is 391 g/mol. The Hall–Kier alpha value is -2.05. The highest BCUT2D eigenvalue weighted by molar-refractivity contribution is 5.84. The highest BCUT2D eigenvalue weighted by Gasteiger charge is 2.21. The van der Waals surface area contributed by atoms with Crippen molar-refractivity contribution in [3.63, 3.8) is 0 Å². The number of aryl methyl sites for hydroxylation is 2. The monoisotopic (exact) mass is 390 g/mol. The van der Waals surface area contributed by atoms with E-state index in [0.717, 1.165) is 25.9 Å². The lowest BCUT2D eigenvalue weighted by molar-refractivity contribution is 0.165. The smallest absolute Gasteiger partial charge is 0.404 e. The summed E-state index contributed by atoms with van der Waals surface area (Å²) in [6.45, 7) is 4.87. The molecule has 2 unspecified atom stereocenters. The number of rotatable bonds is 11. The average Bonchev–Trinajstić information content (AvgIpc) is 2.95. The minimum Gasteiger partial charge on any atom is -0.465 e. The molecule has 1 aromatic heterocycles. The van der Waals surface area contributed by atoms with Gasteiger partial charge in [0.25, 0.3) is 0 Å². The van der Waals surface area contributed by atoms with E-state index in [9.17, 15) is 9.90 Å². The van der Waals surface area contributed by atoms with Crippen molar-refractivity contribution in [2.45, 2.75) is 45.6 Å². The van der Waals surface area contributed by atoms with Crippen LogP contribution in [0, 0.1) is 11.8 Å². The predicted molar refractivity (Wildman–Crippen MR) is 112 cm³/mol. The van der Waals surface area contributed by atoms with Crippen molar-refractivity contribution in [3.05, 3.63) is 35.5 Å². The third-order valence-electron chi connectivity index (χ3n) is 5.51. The molecule has 2 rings (SSSR count). The van der Waals surface area contributed by atoms with Crippen LogP contribution in [-0.2, 0) is 24.6 Å². The number of carboxylic acid groups (broad SMARTS) is 1. The molecule has 1 aromatic carbocycles. The van der Waals surface area contributed by atoms with E-state index >= 15 is 0 Å². The highest BCUT2D eigenvalue weighted by Crippen LogP contribution is 2.27. The van der Waals surface area contributed by atoms with Crippen LogP contribution in [0.25, 0.3) is 10.9 Å². The summed E-state index contributed by atoms with van der Waals surface area (Å²) >= 11 is 0. The number of ether oxygens (including phenoxy) is 1. The minimum absolute atomic E-state index is 0.184. The number of benzene rings is 1. The number of aliphatic hydroxyl groups is 1. The fourth-order valence-corrected chi connectivity index (χ4v) is 3.87. The molecule has 0 aliphatic carbocycles. The highest BCUT2D eigenvalue weighted by atomic mass is 16.5. The molecule has 0 saturated carbocycles. The van der Waals surface area contributed by atoms with Crippen molar-refractivity contribution in [2.24, 2.45) is 18.9 Å². The van der Waals surface area contributed by atoms with E-state index in [2.05, 4.69) is 55.2 Å². The normalized spacial score (nSPS) is 13.8. The third-order valence-corrected chi connectivity index (χ3v) is 5.51. The summed E-state index contributed by atoms with van der Waals surface area (Å²) in [5.74, 6) is 0.666. The fourth-order valence-electron chi connectivity index (χ4n) is 3.87. The molecule has 0 aliphatic rings. The molecular formula is C22H34N2O4. The molecule has 0 spiro atoms. The van der Waals surface area contributed by atoms with E-state index in [1.165, 1.54) is 22.0 Å². The lowest BCUT2D eigenvalue weighted by atomic mass is 9.84. The van der Waals surface area contributed by atoms with Crippen LogP contribution in [0.5, 0.6) is 0 Å². The lowest BCUT2D eigenvalue weighted by Crippen LogP contribution is -2.39. The Kier molecular flexibility index (Phi) is 8.33. The predicted octanol–water partition coefficient (Wildman–Crippen LogP) is 3.59. The maximum absolute atomic E-state index is 10.9. The van der Waals surface area contributed by atoms with Gasteiger partial charge in [0.05, 0.1) is 12.6 Å². The number of aromatic nitrogens is 1. The molecule has 28 heavy (non-hydrogen) atoms. The molecule has 6 heteroatoms. The van der Waals surface area contributed by atoms with Crippen LogP contribution in [0.2, 0.25) is 0 Å². The third kappa shape index (κ3) is 5.97. The number of carbonyl (C=O) groups is 1. The van der Waals surface area contributed by atoms with Gasteiger partial charge in [0.2, 0.25) is 0 Å². The van der Waals surface area contributed by atoms with Gasteiger partial charge in [0.15, 0.2) is 0 Å². The molecular weight excluding hydrogens is 356 g/mol. The van der Waals surface area contributed by atoms with Gasteiger partial charge < -0.3 is 24.8 Å². The summed E-state index contributed by atoms with van der Waals surface area (Å²) in [7, 11) is 3.80. The Morgan fingerprint density at radius 2 is 2.07 bits per heavy atom. The van der Waals surface area contributed by atoms with Gasteiger partial charge in [-0.25, -0.2) is 4.79 Å². The molecule has 1 heterocycles. The second-order valence-corrected chi connectivity index (χ2v) is 7.99. The Balaban J connectivity index is 2.19. The largest absolute Gasteiger partial charge is 0.465 e. The maximum Gasteiger partial charge on any atom is 0.404 e. The number of amides is 1. The number of hydrogen-bond acceptors (Lipinski definition) is 3. The molecule has 0 aliphatic heterocycles. The first kappa shape index (κ1) is 22.2. The van der Waals surface area contributed by atoms with Crippen LogP contribution in [0.15, 0.2) is 24.4 Å². The number of nitrogens with zero attached hydrogens (tertiary/aromatic N) is 1. The molecule has 0 radical (unpaired) electrons. The van der Waals surface area contributed by atoms with Gasteiger partial charge in [-0.2, -0.15) is 0 Å². The molecule has 0 fully saturated rings. The van der Waals surface area contributed by atoms with Crippen LogP contribution in [-0.4, -0.2) is 47.2 Å². The van der Waals surface area contributed by atoms with E-state index in [1.54, 1.807) is 7.11 Å². The molecule has 3 N–H and O–H groups in total. The van der Waals surface area contributed by atoms with Crippen LogP contribution < -0.4 is 5.32 Å². The number of methoxy groups -OCH3 is 1. The summed E-state index contributed by atoms with van der Waals surface area (Å²) in [5.41, 5.74) is 3.80. The molecule has 156 valence electrons. The number of hydrogen-bond donors (Lipinski definition) is 3. The Bertz CT molecular complexity index is 769. The topological polar surface area (TPSA) is 83.7 Å². The quantitative estimate of drug-likeness (QED) is 0.512. The molecule has 2 aromatic rings. The summed E-state index contributed by atoms with van der Waals surface area (Å²) in [6.07, 6.45) is 4.56. The summed E-state index contributed by atoms with van der Waals surface area (Å²) in [4.78, 5) is 10.9. The van der Waals surface area contributed by atoms with Crippen molar-refractivity contribution in [3.8, 4) is 0 Å². The standard InChI is InChI=1S/C22H34N2O4/c1-15(2)18(12-19(14-25)23-22(26)27)10-16-7-8-21-20(11-16)17(13-24(21)3)6-5-9-28-4/h7-8,11,13,15,18-19,23,25H,5-6,9-10,12,14H2,1-4H3,(H,26,27). The molecule has 0 bridgehead atoms. The van der Waals surface area contributed by atoms with Crippen LogP contribution in [0.1, 0.15) is 37.8 Å². The van der Waals surface area contributed by atoms with Crippen molar-refractivity contribution in [1.82, 2.24) is 9.88 Å². The van der Waals surface area contributed by atoms with E-state index < -0.39 is 12.1 Å². The van der Waals surface area contributed by atoms with Gasteiger partial charge in [0, 0.05) is 37.9 Å². The SMILES string of the molecule is COCCCc1cn(C)c2ccc(CC(CC(CO)NC(=O)O)C(C)C)cc12. The Morgan fingerprint density at radius 1 is 1.32 bits per heavy atom. The van der Waals surface area contributed by atoms with Crippen LogP contribution in [0.3, 0.4) is 0 Å². The van der Waals surface area contributed by atoms with Gasteiger partial charge in [0.1, 0.15) is 0 Å². The van der Waals surface area contributed by atoms with Gasteiger partial charge in [-0.15, -0.1) is 0 Å². The van der Waals surface area contributed by atoms with Gasteiger partial charge in [-0.1, -0.05) is 19.9 Å². The Labute approximate surface area is 167 Å². The van der Waals surface area contributed by atoms with Gasteiger partial charge in [-0.05, 0) is 60.8 Å². The zero-order valence-electron chi connectivity index (χ0n) is 17.4. The molecule has 1 amide bonds. The summed E-state index contributed by atoms with van der Waals surface area (Å²) in [6, 6.07) is 6.16. The van der Waals surface area contributed by atoms with Crippen molar-refractivity contribution < 1.29 is 19.7 Å². The van der Waals surface area contributed by atoms with E-state index in [0.29, 0.717) is 12.3 Å². The maximum atomic E-state index is 10.9. The van der Waals surface area contributed by atoms with Crippen LogP contribution in [0.4, 0.5) is 4.79 Å². The van der Waals surface area contributed by atoms with E-state index in [1.807, 2.05) is 0 Å². The zero-order valence-corrected chi connectivity index (χ0v) is 17.4. The molecule has 0 saturated heterocycles. The minimum atomic E-state index is -1.09. The fraction of sp³-hybridized carbons (Fsp3) is 0.591. The zero-order chi connectivity index (χ0) is 20.7. The van der Waals surface area contributed by atoms with Crippen molar-refractivity contribution >= 4 is 17.0 Å². The Morgan fingerprint density at radius 3 is 2.68 bits per heavy atom. The second-order valence-electron chi connectivity index (χ2n) is 7.99. The molecule has 6 nitrogen and oxygen atoms in total. The van der Waals surface area contributed by atoms with Crippen LogP contribution >= 0.6 is 0 Å². The lowest BCUT2D eigenvalue weighted by Gasteiger charge is -2.25. The first-order valence-corrected chi connectivity index (χ1v) is 10.0. The van der Waals surface area contributed by atoms with Gasteiger partial charge in [-0.3, -0.25) is 0 Å². The molecule has 2 atom stereocenters. The van der Waals surface area contributed by atoms with E-state index in [-0.39, 0.29) is 12.5 Å². The number of fused-ring (bicyclic) bond motifs is 1. The number of nitrogens with one attached hydrogen (secondary N) is 1. The summed E-state index contributed by atoms with van der Waals surface area (Å²) < 4.78 is 7.35. The van der Waals surface area contributed by atoms with Crippen molar-refractivity contribution in [1.29, 1.82) is 0 Å². The first-order valence-electron chi connectivity index (χ1n) is 10.0. The second kappa shape index (κ2) is 10.5. The van der Waals surface area contributed by atoms with Gasteiger partial charge >= 0.3 is 6.09 Å².